The van der Waals surface area contributed by atoms with Gasteiger partial charge in [0.15, 0.2) is 0 Å². The standard InChI is InChI=1S/C16H20BrClO2/c17-15-4-3-13(9-12(15)11-18)20-14-5-8-19-16(10-14)6-1-2-7-16/h3-4,9,14H,1-2,5-8,10-11H2. The average molecular weight is 360 g/mol. The number of halogens is 2. The molecule has 0 bridgehead atoms. The van der Waals surface area contributed by atoms with Gasteiger partial charge in [-0.15, -0.1) is 11.6 Å². The Labute approximate surface area is 133 Å². The molecule has 1 unspecified atom stereocenters. The first-order valence-electron chi connectivity index (χ1n) is 7.36. The van der Waals surface area contributed by atoms with Crippen molar-refractivity contribution in [2.75, 3.05) is 6.61 Å². The molecule has 1 atom stereocenters. The van der Waals surface area contributed by atoms with E-state index in [0.29, 0.717) is 5.88 Å². The summed E-state index contributed by atoms with van der Waals surface area (Å²) in [6.45, 7) is 0.823. The molecule has 1 heterocycles. The molecule has 2 aliphatic rings. The molecule has 20 heavy (non-hydrogen) atoms. The smallest absolute Gasteiger partial charge is 0.120 e. The van der Waals surface area contributed by atoms with Crippen molar-refractivity contribution >= 4 is 27.5 Å². The number of hydrogen-bond donors (Lipinski definition) is 0. The summed E-state index contributed by atoms with van der Waals surface area (Å²) >= 11 is 9.44. The molecular formula is C16H20BrClO2. The molecule has 0 N–H and O–H groups in total. The third-order valence-corrected chi connectivity index (χ3v) is 5.49. The molecule has 1 aliphatic heterocycles. The topological polar surface area (TPSA) is 18.5 Å². The summed E-state index contributed by atoms with van der Waals surface area (Å²) in [5, 5.41) is 0. The van der Waals surface area contributed by atoms with Crippen LogP contribution >= 0.6 is 27.5 Å². The van der Waals surface area contributed by atoms with E-state index in [2.05, 4.69) is 15.9 Å². The molecule has 4 heteroatoms. The predicted molar refractivity (Wildman–Crippen MR) is 84.5 cm³/mol. The van der Waals surface area contributed by atoms with Crippen molar-refractivity contribution < 1.29 is 9.47 Å². The maximum absolute atomic E-state index is 6.18. The summed E-state index contributed by atoms with van der Waals surface area (Å²) in [6, 6.07) is 6.06. The number of hydrogen-bond acceptors (Lipinski definition) is 2. The van der Waals surface area contributed by atoms with Crippen LogP contribution in [-0.2, 0) is 10.6 Å². The second kappa shape index (κ2) is 6.25. The normalized spacial score (nSPS) is 25.0. The Hall–Kier alpha value is -0.250. The molecule has 2 fully saturated rings. The van der Waals surface area contributed by atoms with E-state index in [4.69, 9.17) is 21.1 Å². The van der Waals surface area contributed by atoms with E-state index < -0.39 is 0 Å². The van der Waals surface area contributed by atoms with Crippen molar-refractivity contribution in [1.29, 1.82) is 0 Å². The van der Waals surface area contributed by atoms with Crippen LogP contribution in [0.15, 0.2) is 22.7 Å². The highest BCUT2D eigenvalue weighted by molar-refractivity contribution is 9.10. The van der Waals surface area contributed by atoms with Crippen LogP contribution in [0.3, 0.4) is 0 Å². The van der Waals surface area contributed by atoms with Gasteiger partial charge in [0.2, 0.25) is 0 Å². The maximum Gasteiger partial charge on any atom is 0.120 e. The van der Waals surface area contributed by atoms with Gasteiger partial charge in [-0.2, -0.15) is 0 Å². The molecule has 0 amide bonds. The Kier molecular flexibility index (Phi) is 4.58. The Balaban J connectivity index is 1.68. The largest absolute Gasteiger partial charge is 0.490 e. The van der Waals surface area contributed by atoms with Gasteiger partial charge < -0.3 is 9.47 Å². The summed E-state index contributed by atoms with van der Waals surface area (Å²) in [6.07, 6.45) is 7.25. The number of benzene rings is 1. The van der Waals surface area contributed by atoms with E-state index in [-0.39, 0.29) is 11.7 Å². The van der Waals surface area contributed by atoms with Crippen molar-refractivity contribution in [1.82, 2.24) is 0 Å². The Bertz CT molecular complexity index is 472. The van der Waals surface area contributed by atoms with Gasteiger partial charge in [-0.05, 0) is 36.6 Å². The minimum absolute atomic E-state index is 0.105. The van der Waals surface area contributed by atoms with E-state index in [1.54, 1.807) is 0 Å². The second-order valence-electron chi connectivity index (χ2n) is 5.86. The van der Waals surface area contributed by atoms with Crippen LogP contribution in [0.5, 0.6) is 5.75 Å². The fourth-order valence-electron chi connectivity index (χ4n) is 3.37. The van der Waals surface area contributed by atoms with Crippen LogP contribution in [0, 0.1) is 0 Å². The molecule has 1 aromatic rings. The van der Waals surface area contributed by atoms with Crippen LogP contribution < -0.4 is 4.74 Å². The lowest BCUT2D eigenvalue weighted by molar-refractivity contribution is -0.108. The first-order valence-corrected chi connectivity index (χ1v) is 8.69. The summed E-state index contributed by atoms with van der Waals surface area (Å²) in [5.41, 5.74) is 1.18. The molecule has 3 rings (SSSR count). The number of alkyl halides is 1. The molecule has 0 radical (unpaired) electrons. The van der Waals surface area contributed by atoms with Gasteiger partial charge >= 0.3 is 0 Å². The molecule has 2 nitrogen and oxygen atoms in total. The fourth-order valence-corrected chi connectivity index (χ4v) is 4.14. The Morgan fingerprint density at radius 2 is 2.15 bits per heavy atom. The van der Waals surface area contributed by atoms with Gasteiger partial charge in [-0.3, -0.25) is 0 Å². The highest BCUT2D eigenvalue weighted by atomic mass is 79.9. The highest BCUT2D eigenvalue weighted by Crippen LogP contribution is 2.41. The molecule has 0 aromatic heterocycles. The maximum atomic E-state index is 6.18. The Morgan fingerprint density at radius 3 is 2.90 bits per heavy atom. The summed E-state index contributed by atoms with van der Waals surface area (Å²) in [7, 11) is 0. The van der Waals surface area contributed by atoms with Crippen molar-refractivity contribution in [3.63, 3.8) is 0 Å². The lowest BCUT2D eigenvalue weighted by Gasteiger charge is -2.38. The van der Waals surface area contributed by atoms with Crippen LogP contribution in [0.4, 0.5) is 0 Å². The average Bonchev–Trinajstić information content (AvgIpc) is 2.89. The zero-order valence-electron chi connectivity index (χ0n) is 11.5. The fraction of sp³-hybridized carbons (Fsp3) is 0.625. The van der Waals surface area contributed by atoms with Crippen LogP contribution in [0.2, 0.25) is 0 Å². The van der Waals surface area contributed by atoms with Gasteiger partial charge in [-0.25, -0.2) is 0 Å². The highest BCUT2D eigenvalue weighted by Gasteiger charge is 2.40. The van der Waals surface area contributed by atoms with Crippen molar-refractivity contribution in [3.05, 3.63) is 28.2 Å². The molecular weight excluding hydrogens is 340 g/mol. The zero-order valence-corrected chi connectivity index (χ0v) is 13.9. The third kappa shape index (κ3) is 3.15. The van der Waals surface area contributed by atoms with Gasteiger partial charge in [0.05, 0.1) is 12.2 Å². The summed E-state index contributed by atoms with van der Waals surface area (Å²) in [4.78, 5) is 0. The Morgan fingerprint density at radius 1 is 1.35 bits per heavy atom. The van der Waals surface area contributed by atoms with E-state index in [1.807, 2.05) is 18.2 Å². The molecule has 1 saturated carbocycles. The predicted octanol–water partition coefficient (Wildman–Crippen LogP) is 5.06. The number of ether oxygens (including phenoxy) is 2. The molecule has 110 valence electrons. The molecule has 1 saturated heterocycles. The molecule has 1 aliphatic carbocycles. The first-order chi connectivity index (χ1) is 9.71. The van der Waals surface area contributed by atoms with Crippen LogP contribution in [0.25, 0.3) is 0 Å². The van der Waals surface area contributed by atoms with Crippen LogP contribution in [-0.4, -0.2) is 18.3 Å². The van der Waals surface area contributed by atoms with E-state index >= 15 is 0 Å². The second-order valence-corrected chi connectivity index (χ2v) is 6.98. The third-order valence-electron chi connectivity index (χ3n) is 4.43. The van der Waals surface area contributed by atoms with Crippen LogP contribution in [0.1, 0.15) is 44.1 Å². The van der Waals surface area contributed by atoms with E-state index in [9.17, 15) is 0 Å². The zero-order chi connectivity index (χ0) is 14.0. The minimum atomic E-state index is 0.105. The van der Waals surface area contributed by atoms with Gasteiger partial charge in [-0.1, -0.05) is 28.8 Å². The monoisotopic (exact) mass is 358 g/mol. The van der Waals surface area contributed by atoms with Crippen molar-refractivity contribution in [3.8, 4) is 5.75 Å². The molecule has 1 aromatic carbocycles. The lowest BCUT2D eigenvalue weighted by Crippen LogP contribution is -2.41. The van der Waals surface area contributed by atoms with Gasteiger partial charge in [0, 0.05) is 23.2 Å². The quantitative estimate of drug-likeness (QED) is 0.702. The van der Waals surface area contributed by atoms with Crippen molar-refractivity contribution in [2.45, 2.75) is 56.1 Å². The minimum Gasteiger partial charge on any atom is -0.490 e. The van der Waals surface area contributed by atoms with Crippen molar-refractivity contribution in [2.24, 2.45) is 0 Å². The van der Waals surface area contributed by atoms with E-state index in [1.165, 1.54) is 25.7 Å². The summed E-state index contributed by atoms with van der Waals surface area (Å²) in [5.74, 6) is 1.42. The van der Waals surface area contributed by atoms with Gasteiger partial charge in [0.1, 0.15) is 11.9 Å². The summed E-state index contributed by atoms with van der Waals surface area (Å²) < 4.78 is 13.3. The molecule has 1 spiro atoms. The SMILES string of the molecule is ClCc1cc(OC2CCOC3(CCCC3)C2)ccc1Br. The van der Waals surface area contributed by atoms with E-state index in [0.717, 1.165) is 35.2 Å². The first kappa shape index (κ1) is 14.7. The van der Waals surface area contributed by atoms with Gasteiger partial charge in [0.25, 0.3) is 0 Å². The lowest BCUT2D eigenvalue weighted by atomic mass is 9.90. The number of rotatable bonds is 3.